The summed E-state index contributed by atoms with van der Waals surface area (Å²) in [4.78, 5) is 0. The standard InChI is InChI=1S/C24H26O/c1-24(2,3)17-21(18-12-14-22(25-4)15-13-18)16-20-10-7-9-19-8-5-6-11-23(19)20/h5-15,17H,16H2,1-4H3/b21-17+. The molecule has 0 bridgehead atoms. The molecule has 0 amide bonds. The van der Waals surface area contributed by atoms with E-state index in [0.29, 0.717) is 0 Å². The second-order valence-electron chi connectivity index (χ2n) is 7.58. The Morgan fingerprint density at radius 3 is 2.24 bits per heavy atom. The first kappa shape index (κ1) is 17.3. The summed E-state index contributed by atoms with van der Waals surface area (Å²) in [5, 5.41) is 2.63. The van der Waals surface area contributed by atoms with Gasteiger partial charge in [0, 0.05) is 0 Å². The number of hydrogen-bond donors (Lipinski definition) is 0. The number of allylic oxidation sites excluding steroid dienone is 2. The van der Waals surface area contributed by atoms with Gasteiger partial charge in [0.2, 0.25) is 0 Å². The molecule has 0 saturated carbocycles. The van der Waals surface area contributed by atoms with Gasteiger partial charge in [-0.3, -0.25) is 0 Å². The number of rotatable bonds is 4. The van der Waals surface area contributed by atoms with Crippen molar-refractivity contribution in [1.29, 1.82) is 0 Å². The lowest BCUT2D eigenvalue weighted by Gasteiger charge is -2.18. The summed E-state index contributed by atoms with van der Waals surface area (Å²) in [5.74, 6) is 0.893. The summed E-state index contributed by atoms with van der Waals surface area (Å²) >= 11 is 0. The highest BCUT2D eigenvalue weighted by Crippen LogP contribution is 2.30. The summed E-state index contributed by atoms with van der Waals surface area (Å²) in [7, 11) is 1.71. The van der Waals surface area contributed by atoms with Gasteiger partial charge < -0.3 is 4.74 Å². The molecule has 0 saturated heterocycles. The Morgan fingerprint density at radius 2 is 1.56 bits per heavy atom. The molecule has 0 aliphatic rings. The molecule has 1 heteroatoms. The van der Waals surface area contributed by atoms with Gasteiger partial charge in [-0.25, -0.2) is 0 Å². The monoisotopic (exact) mass is 330 g/mol. The molecule has 0 atom stereocenters. The average molecular weight is 330 g/mol. The van der Waals surface area contributed by atoms with Crippen LogP contribution in [-0.2, 0) is 6.42 Å². The van der Waals surface area contributed by atoms with Crippen molar-refractivity contribution in [3.63, 3.8) is 0 Å². The second kappa shape index (κ2) is 7.14. The van der Waals surface area contributed by atoms with Crippen LogP contribution in [-0.4, -0.2) is 7.11 Å². The fourth-order valence-electron chi connectivity index (χ4n) is 3.22. The molecule has 0 radical (unpaired) electrons. The van der Waals surface area contributed by atoms with Crippen molar-refractivity contribution in [1.82, 2.24) is 0 Å². The summed E-state index contributed by atoms with van der Waals surface area (Å²) < 4.78 is 5.31. The van der Waals surface area contributed by atoms with Gasteiger partial charge in [-0.1, -0.05) is 81.4 Å². The molecule has 3 aromatic carbocycles. The SMILES string of the molecule is COc1ccc(/C(=C/C(C)(C)C)Cc2cccc3ccccc23)cc1. The van der Waals surface area contributed by atoms with Gasteiger partial charge in [-0.15, -0.1) is 0 Å². The van der Waals surface area contributed by atoms with Crippen molar-refractivity contribution in [2.75, 3.05) is 7.11 Å². The van der Waals surface area contributed by atoms with E-state index in [4.69, 9.17) is 4.74 Å². The highest BCUT2D eigenvalue weighted by molar-refractivity contribution is 5.87. The molecular formula is C24H26O. The number of ether oxygens (including phenoxy) is 1. The Labute approximate surface area is 151 Å². The number of fused-ring (bicyclic) bond motifs is 1. The summed E-state index contributed by atoms with van der Waals surface area (Å²) in [6.45, 7) is 6.75. The van der Waals surface area contributed by atoms with Crippen molar-refractivity contribution < 1.29 is 4.74 Å². The average Bonchev–Trinajstić information content (AvgIpc) is 2.60. The van der Waals surface area contributed by atoms with Crippen LogP contribution < -0.4 is 4.74 Å². The molecule has 0 unspecified atom stereocenters. The van der Waals surface area contributed by atoms with Gasteiger partial charge in [0.1, 0.15) is 5.75 Å². The Balaban J connectivity index is 2.04. The fourth-order valence-corrected chi connectivity index (χ4v) is 3.22. The van der Waals surface area contributed by atoms with Gasteiger partial charge in [0.15, 0.2) is 0 Å². The molecule has 0 aliphatic heterocycles. The maximum atomic E-state index is 5.31. The summed E-state index contributed by atoms with van der Waals surface area (Å²) in [5.41, 5.74) is 4.10. The van der Waals surface area contributed by atoms with E-state index in [-0.39, 0.29) is 5.41 Å². The normalized spacial score (nSPS) is 12.4. The largest absolute Gasteiger partial charge is 0.497 e. The number of hydrogen-bond acceptors (Lipinski definition) is 1. The molecule has 3 rings (SSSR count). The number of methoxy groups -OCH3 is 1. The van der Waals surface area contributed by atoms with Crippen molar-refractivity contribution in [3.8, 4) is 5.75 Å². The molecule has 128 valence electrons. The van der Waals surface area contributed by atoms with Crippen LogP contribution in [0.1, 0.15) is 31.9 Å². The molecular weight excluding hydrogens is 304 g/mol. The van der Waals surface area contributed by atoms with Gasteiger partial charge >= 0.3 is 0 Å². The van der Waals surface area contributed by atoms with Gasteiger partial charge in [-0.2, -0.15) is 0 Å². The predicted octanol–water partition coefficient (Wildman–Crippen LogP) is 6.52. The lowest BCUT2D eigenvalue weighted by Crippen LogP contribution is -2.03. The molecule has 0 spiro atoms. The van der Waals surface area contributed by atoms with Crippen molar-refractivity contribution in [3.05, 3.63) is 83.9 Å². The van der Waals surface area contributed by atoms with Gasteiger partial charge in [0.25, 0.3) is 0 Å². The van der Waals surface area contributed by atoms with Crippen LogP contribution >= 0.6 is 0 Å². The lowest BCUT2D eigenvalue weighted by molar-refractivity contribution is 0.415. The quantitative estimate of drug-likeness (QED) is 0.529. The summed E-state index contributed by atoms with van der Waals surface area (Å²) in [6, 6.07) is 23.6. The molecule has 0 aliphatic carbocycles. The van der Waals surface area contributed by atoms with Crippen LogP contribution in [0.4, 0.5) is 0 Å². The second-order valence-corrected chi connectivity index (χ2v) is 7.58. The maximum Gasteiger partial charge on any atom is 0.118 e. The zero-order valence-corrected chi connectivity index (χ0v) is 15.5. The lowest BCUT2D eigenvalue weighted by atomic mass is 9.87. The van der Waals surface area contributed by atoms with Crippen molar-refractivity contribution in [2.45, 2.75) is 27.2 Å². The number of benzene rings is 3. The van der Waals surface area contributed by atoms with E-state index in [0.717, 1.165) is 12.2 Å². The van der Waals surface area contributed by atoms with E-state index < -0.39 is 0 Å². The molecule has 3 aromatic rings. The summed E-state index contributed by atoms with van der Waals surface area (Å²) in [6.07, 6.45) is 3.31. The van der Waals surface area contributed by atoms with Crippen LogP contribution in [0.3, 0.4) is 0 Å². The van der Waals surface area contributed by atoms with Crippen LogP contribution in [0.15, 0.2) is 72.8 Å². The van der Waals surface area contributed by atoms with E-state index in [1.54, 1.807) is 7.11 Å². The molecule has 0 aromatic heterocycles. The zero-order valence-electron chi connectivity index (χ0n) is 15.5. The van der Waals surface area contributed by atoms with Crippen molar-refractivity contribution >= 4 is 16.3 Å². The molecule has 0 N–H and O–H groups in total. The van der Waals surface area contributed by atoms with Crippen LogP contribution in [0.2, 0.25) is 0 Å². The molecule has 1 nitrogen and oxygen atoms in total. The Hall–Kier alpha value is -2.54. The van der Waals surface area contributed by atoms with Gasteiger partial charge in [0.05, 0.1) is 7.11 Å². The molecule has 0 heterocycles. The third-order valence-electron chi connectivity index (χ3n) is 4.33. The van der Waals surface area contributed by atoms with Gasteiger partial charge in [-0.05, 0) is 51.4 Å². The highest BCUT2D eigenvalue weighted by atomic mass is 16.5. The van der Waals surface area contributed by atoms with E-state index in [1.807, 2.05) is 12.1 Å². The minimum Gasteiger partial charge on any atom is -0.497 e. The minimum atomic E-state index is 0.125. The Bertz CT molecular complexity index is 875. The van der Waals surface area contributed by atoms with E-state index in [9.17, 15) is 0 Å². The smallest absolute Gasteiger partial charge is 0.118 e. The van der Waals surface area contributed by atoms with E-state index in [1.165, 1.54) is 27.5 Å². The van der Waals surface area contributed by atoms with Crippen LogP contribution in [0, 0.1) is 5.41 Å². The minimum absolute atomic E-state index is 0.125. The third-order valence-corrected chi connectivity index (χ3v) is 4.33. The first-order valence-corrected chi connectivity index (χ1v) is 8.79. The van der Waals surface area contributed by atoms with Crippen LogP contribution in [0.5, 0.6) is 5.75 Å². The first-order valence-electron chi connectivity index (χ1n) is 8.79. The molecule has 0 fully saturated rings. The maximum absolute atomic E-state index is 5.31. The first-order chi connectivity index (χ1) is 12.0. The Morgan fingerprint density at radius 1 is 0.880 bits per heavy atom. The zero-order chi connectivity index (χ0) is 17.9. The van der Waals surface area contributed by atoms with Crippen LogP contribution in [0.25, 0.3) is 16.3 Å². The Kier molecular flexibility index (Phi) is 4.94. The topological polar surface area (TPSA) is 9.23 Å². The fraction of sp³-hybridized carbons (Fsp3) is 0.250. The van der Waals surface area contributed by atoms with Crippen molar-refractivity contribution in [2.24, 2.45) is 5.41 Å². The predicted molar refractivity (Wildman–Crippen MR) is 108 cm³/mol. The molecule has 25 heavy (non-hydrogen) atoms. The van der Waals surface area contributed by atoms with E-state index in [2.05, 4.69) is 81.4 Å². The van der Waals surface area contributed by atoms with E-state index >= 15 is 0 Å². The highest BCUT2D eigenvalue weighted by Gasteiger charge is 2.12. The third kappa shape index (κ3) is 4.30.